The zero-order chi connectivity index (χ0) is 15.5. The van der Waals surface area contributed by atoms with Gasteiger partial charge >= 0.3 is 0 Å². The topological polar surface area (TPSA) is 73.1 Å². The number of anilines is 1. The number of benzene rings is 1. The van der Waals surface area contributed by atoms with Crippen LogP contribution in [-0.4, -0.2) is 17.1 Å². The number of nitrogens with zero attached hydrogens (tertiary/aromatic N) is 2. The minimum atomic E-state index is -0.215. The molecule has 0 saturated carbocycles. The Kier molecular flexibility index (Phi) is 4.55. The van der Waals surface area contributed by atoms with Crippen molar-refractivity contribution >= 4 is 5.82 Å². The standard InChI is InChI=1S/C16H22N4O/c1-16(2,3)14(21-4)15-18-12(10-13(19-15)20-17)11-8-6-5-7-9-11/h5-10,14H,17H2,1-4H3,(H,18,19,20). The number of hydrazine groups is 1. The summed E-state index contributed by atoms with van der Waals surface area (Å²) in [4.78, 5) is 9.10. The van der Waals surface area contributed by atoms with Crippen molar-refractivity contribution in [3.05, 3.63) is 42.2 Å². The molecule has 0 radical (unpaired) electrons. The van der Waals surface area contributed by atoms with Crippen LogP contribution in [0.2, 0.25) is 0 Å². The van der Waals surface area contributed by atoms with Gasteiger partial charge in [-0.1, -0.05) is 51.1 Å². The minimum absolute atomic E-state index is 0.115. The lowest BCUT2D eigenvalue weighted by Gasteiger charge is -2.28. The smallest absolute Gasteiger partial charge is 0.160 e. The molecule has 1 unspecified atom stereocenters. The Morgan fingerprint density at radius 2 is 1.81 bits per heavy atom. The Bertz CT molecular complexity index is 593. The first-order valence-corrected chi connectivity index (χ1v) is 6.89. The average Bonchev–Trinajstić information content (AvgIpc) is 2.47. The van der Waals surface area contributed by atoms with Gasteiger partial charge in [0.15, 0.2) is 5.82 Å². The molecule has 112 valence electrons. The van der Waals surface area contributed by atoms with Crippen LogP contribution >= 0.6 is 0 Å². The normalized spacial score (nSPS) is 13.0. The van der Waals surface area contributed by atoms with E-state index >= 15 is 0 Å². The van der Waals surface area contributed by atoms with Gasteiger partial charge in [0.25, 0.3) is 0 Å². The Labute approximate surface area is 125 Å². The van der Waals surface area contributed by atoms with E-state index in [0.29, 0.717) is 11.6 Å². The molecule has 0 saturated heterocycles. The third kappa shape index (κ3) is 3.56. The van der Waals surface area contributed by atoms with Crippen LogP contribution in [0.5, 0.6) is 0 Å². The number of methoxy groups -OCH3 is 1. The second kappa shape index (κ2) is 6.20. The zero-order valence-corrected chi connectivity index (χ0v) is 12.9. The lowest BCUT2D eigenvalue weighted by molar-refractivity contribution is 0.00884. The Morgan fingerprint density at radius 3 is 2.33 bits per heavy atom. The molecular formula is C16H22N4O. The molecular weight excluding hydrogens is 264 g/mol. The molecule has 5 heteroatoms. The molecule has 0 aliphatic carbocycles. The van der Waals surface area contributed by atoms with Crippen molar-refractivity contribution in [3.63, 3.8) is 0 Å². The summed E-state index contributed by atoms with van der Waals surface area (Å²) in [6.45, 7) is 6.28. The average molecular weight is 286 g/mol. The zero-order valence-electron chi connectivity index (χ0n) is 12.9. The van der Waals surface area contributed by atoms with Gasteiger partial charge in [-0.05, 0) is 5.41 Å². The highest BCUT2D eigenvalue weighted by Crippen LogP contribution is 2.35. The van der Waals surface area contributed by atoms with Crippen LogP contribution in [-0.2, 0) is 4.74 Å². The lowest BCUT2D eigenvalue weighted by Crippen LogP contribution is -2.23. The second-order valence-corrected chi connectivity index (χ2v) is 5.99. The Morgan fingerprint density at radius 1 is 1.14 bits per heavy atom. The van der Waals surface area contributed by atoms with Crippen molar-refractivity contribution in [2.75, 3.05) is 12.5 Å². The van der Waals surface area contributed by atoms with Crippen LogP contribution in [0.1, 0.15) is 32.7 Å². The summed E-state index contributed by atoms with van der Waals surface area (Å²) >= 11 is 0. The number of nitrogen functional groups attached to an aromatic ring is 1. The van der Waals surface area contributed by atoms with Crippen molar-refractivity contribution in [1.29, 1.82) is 0 Å². The first-order valence-electron chi connectivity index (χ1n) is 6.89. The van der Waals surface area contributed by atoms with E-state index in [1.165, 1.54) is 0 Å². The van der Waals surface area contributed by atoms with Crippen LogP contribution in [0.25, 0.3) is 11.3 Å². The maximum atomic E-state index is 5.60. The molecule has 2 aromatic rings. The molecule has 1 aromatic heterocycles. The summed E-state index contributed by atoms with van der Waals surface area (Å²) in [5.74, 6) is 6.73. The summed E-state index contributed by atoms with van der Waals surface area (Å²) in [5.41, 5.74) is 4.32. The van der Waals surface area contributed by atoms with Gasteiger partial charge in [-0.15, -0.1) is 0 Å². The van der Waals surface area contributed by atoms with E-state index in [-0.39, 0.29) is 11.5 Å². The molecule has 0 bridgehead atoms. The van der Waals surface area contributed by atoms with Crippen molar-refractivity contribution < 1.29 is 4.74 Å². The van der Waals surface area contributed by atoms with Gasteiger partial charge in [-0.25, -0.2) is 15.8 Å². The van der Waals surface area contributed by atoms with Crippen LogP contribution in [0, 0.1) is 5.41 Å². The first kappa shape index (κ1) is 15.4. The number of hydrogen-bond acceptors (Lipinski definition) is 5. The molecule has 1 atom stereocenters. The third-order valence-corrected chi connectivity index (χ3v) is 3.22. The van der Waals surface area contributed by atoms with Crippen LogP contribution in [0.4, 0.5) is 5.82 Å². The van der Waals surface area contributed by atoms with Crippen molar-refractivity contribution in [3.8, 4) is 11.3 Å². The molecule has 21 heavy (non-hydrogen) atoms. The maximum absolute atomic E-state index is 5.60. The quantitative estimate of drug-likeness (QED) is 0.667. The van der Waals surface area contributed by atoms with E-state index in [2.05, 4.69) is 36.2 Å². The largest absolute Gasteiger partial charge is 0.373 e. The number of nitrogens with one attached hydrogen (secondary N) is 1. The summed E-state index contributed by atoms with van der Waals surface area (Å²) in [7, 11) is 1.67. The molecule has 3 N–H and O–H groups in total. The van der Waals surface area contributed by atoms with Gasteiger partial charge in [0, 0.05) is 18.7 Å². The molecule has 0 amide bonds. The highest BCUT2D eigenvalue weighted by atomic mass is 16.5. The van der Waals surface area contributed by atoms with E-state index in [1.807, 2.05) is 36.4 Å². The molecule has 1 aromatic carbocycles. The number of rotatable bonds is 4. The van der Waals surface area contributed by atoms with Gasteiger partial charge < -0.3 is 10.2 Å². The highest BCUT2D eigenvalue weighted by Gasteiger charge is 2.29. The Balaban J connectivity index is 2.53. The SMILES string of the molecule is COC(c1nc(NN)cc(-c2ccccc2)n1)C(C)(C)C. The molecule has 0 aliphatic rings. The summed E-state index contributed by atoms with van der Waals surface area (Å²) in [5, 5.41) is 0. The molecule has 5 nitrogen and oxygen atoms in total. The fourth-order valence-electron chi connectivity index (χ4n) is 2.26. The third-order valence-electron chi connectivity index (χ3n) is 3.22. The van der Waals surface area contributed by atoms with Gasteiger partial charge in [-0.3, -0.25) is 0 Å². The summed E-state index contributed by atoms with van der Waals surface area (Å²) < 4.78 is 5.60. The minimum Gasteiger partial charge on any atom is -0.373 e. The van der Waals surface area contributed by atoms with Crippen LogP contribution in [0.3, 0.4) is 0 Å². The van der Waals surface area contributed by atoms with Gasteiger partial charge in [0.05, 0.1) is 5.69 Å². The van der Waals surface area contributed by atoms with Gasteiger partial charge in [0.1, 0.15) is 11.9 Å². The predicted octanol–water partition coefficient (Wildman–Crippen LogP) is 3.16. The van der Waals surface area contributed by atoms with Crippen molar-refractivity contribution in [2.24, 2.45) is 11.3 Å². The number of nitrogens with two attached hydrogens (primary N) is 1. The van der Waals surface area contributed by atoms with Crippen LogP contribution in [0.15, 0.2) is 36.4 Å². The number of ether oxygens (including phenoxy) is 1. The lowest BCUT2D eigenvalue weighted by atomic mass is 9.88. The second-order valence-electron chi connectivity index (χ2n) is 5.99. The number of aromatic nitrogens is 2. The molecule has 2 rings (SSSR count). The molecule has 0 fully saturated rings. The first-order chi connectivity index (χ1) is 9.95. The maximum Gasteiger partial charge on any atom is 0.160 e. The van der Waals surface area contributed by atoms with E-state index < -0.39 is 0 Å². The summed E-state index contributed by atoms with van der Waals surface area (Å²) in [6, 6.07) is 11.8. The highest BCUT2D eigenvalue weighted by molar-refractivity contribution is 5.62. The number of hydrogen-bond donors (Lipinski definition) is 2. The van der Waals surface area contributed by atoms with Gasteiger partial charge in [0.2, 0.25) is 0 Å². The fraction of sp³-hybridized carbons (Fsp3) is 0.375. The van der Waals surface area contributed by atoms with Crippen molar-refractivity contribution in [1.82, 2.24) is 9.97 Å². The monoisotopic (exact) mass is 286 g/mol. The van der Waals surface area contributed by atoms with Gasteiger partial charge in [-0.2, -0.15) is 0 Å². The Hall–Kier alpha value is -1.98. The summed E-state index contributed by atoms with van der Waals surface area (Å²) in [6.07, 6.45) is -0.215. The van der Waals surface area contributed by atoms with Crippen molar-refractivity contribution in [2.45, 2.75) is 26.9 Å². The molecule has 0 spiro atoms. The van der Waals surface area contributed by atoms with E-state index in [0.717, 1.165) is 11.3 Å². The molecule has 1 heterocycles. The molecule has 0 aliphatic heterocycles. The predicted molar refractivity (Wildman–Crippen MR) is 84.5 cm³/mol. The van der Waals surface area contributed by atoms with E-state index in [1.54, 1.807) is 7.11 Å². The fourth-order valence-corrected chi connectivity index (χ4v) is 2.26. The van der Waals surface area contributed by atoms with E-state index in [9.17, 15) is 0 Å². The van der Waals surface area contributed by atoms with E-state index in [4.69, 9.17) is 10.6 Å². The van der Waals surface area contributed by atoms with Crippen LogP contribution < -0.4 is 11.3 Å².